The molecule has 0 aliphatic rings. The van der Waals surface area contributed by atoms with E-state index in [0.29, 0.717) is 5.69 Å². The van der Waals surface area contributed by atoms with Gasteiger partial charge in [-0.15, -0.1) is 0 Å². The summed E-state index contributed by atoms with van der Waals surface area (Å²) in [5.41, 5.74) is 0.276. The fraction of sp³-hybridized carbons (Fsp3) is 0.333. The maximum Gasteiger partial charge on any atom is 0.292 e. The van der Waals surface area contributed by atoms with Crippen molar-refractivity contribution >= 4 is 11.4 Å². The van der Waals surface area contributed by atoms with Gasteiger partial charge in [-0.1, -0.05) is 12.1 Å². The Labute approximate surface area is 86.3 Å². The van der Waals surface area contributed by atoms with Crippen LogP contribution in [-0.4, -0.2) is 34.4 Å². The molecule has 0 bridgehead atoms. The summed E-state index contributed by atoms with van der Waals surface area (Å²) in [6, 6.07) is 6.13. The molecule has 6 heteroatoms. The lowest BCUT2D eigenvalue weighted by Gasteiger charge is -2.09. The molecule has 1 atom stereocenters. The molecule has 15 heavy (non-hydrogen) atoms. The van der Waals surface area contributed by atoms with Crippen molar-refractivity contribution in [2.24, 2.45) is 0 Å². The van der Waals surface area contributed by atoms with Gasteiger partial charge < -0.3 is 15.5 Å². The summed E-state index contributed by atoms with van der Waals surface area (Å²) in [7, 11) is 0. The van der Waals surface area contributed by atoms with Gasteiger partial charge in [-0.2, -0.15) is 0 Å². The number of benzene rings is 1. The van der Waals surface area contributed by atoms with Crippen molar-refractivity contribution in [2.75, 3.05) is 18.5 Å². The zero-order valence-corrected chi connectivity index (χ0v) is 7.96. The van der Waals surface area contributed by atoms with Crippen LogP contribution in [-0.2, 0) is 0 Å². The zero-order chi connectivity index (χ0) is 11.3. The monoisotopic (exact) mass is 212 g/mol. The molecule has 0 heterocycles. The first-order chi connectivity index (χ1) is 7.15. The summed E-state index contributed by atoms with van der Waals surface area (Å²) in [6.07, 6.45) is -0.926. The molecule has 1 rings (SSSR count). The molecule has 0 spiro atoms. The van der Waals surface area contributed by atoms with Crippen molar-refractivity contribution < 1.29 is 15.1 Å². The second kappa shape index (κ2) is 5.28. The van der Waals surface area contributed by atoms with Crippen molar-refractivity contribution in [3.8, 4) is 0 Å². The quantitative estimate of drug-likeness (QED) is 0.483. The minimum absolute atomic E-state index is 0.0531. The van der Waals surface area contributed by atoms with Gasteiger partial charge in [-0.25, -0.2) is 0 Å². The Hall–Kier alpha value is -1.66. The molecule has 82 valence electrons. The second-order valence-electron chi connectivity index (χ2n) is 2.99. The van der Waals surface area contributed by atoms with E-state index in [1.165, 1.54) is 6.07 Å². The molecule has 0 unspecified atom stereocenters. The number of para-hydroxylation sites is 2. The van der Waals surface area contributed by atoms with Gasteiger partial charge in [0.2, 0.25) is 0 Å². The fourth-order valence-corrected chi connectivity index (χ4v) is 1.07. The average Bonchev–Trinajstić information content (AvgIpc) is 2.26. The first-order valence-electron chi connectivity index (χ1n) is 4.41. The highest BCUT2D eigenvalue weighted by Gasteiger charge is 2.12. The number of nitrogens with one attached hydrogen (secondary N) is 1. The molecule has 0 saturated carbocycles. The third-order valence-corrected chi connectivity index (χ3v) is 1.84. The summed E-state index contributed by atoms with van der Waals surface area (Å²) in [6.45, 7) is -0.311. The van der Waals surface area contributed by atoms with E-state index in [1.54, 1.807) is 18.2 Å². The Morgan fingerprint density at radius 2 is 2.13 bits per heavy atom. The van der Waals surface area contributed by atoms with Crippen LogP contribution in [0.15, 0.2) is 24.3 Å². The number of nitrogens with zero attached hydrogens (tertiary/aromatic N) is 1. The zero-order valence-electron chi connectivity index (χ0n) is 7.96. The van der Waals surface area contributed by atoms with Crippen molar-refractivity contribution in [3.63, 3.8) is 0 Å². The van der Waals surface area contributed by atoms with E-state index in [2.05, 4.69) is 5.32 Å². The highest BCUT2D eigenvalue weighted by atomic mass is 16.6. The normalized spacial score (nSPS) is 12.1. The average molecular weight is 212 g/mol. The minimum Gasteiger partial charge on any atom is -0.394 e. The lowest BCUT2D eigenvalue weighted by atomic mass is 10.2. The second-order valence-corrected chi connectivity index (χ2v) is 2.99. The van der Waals surface area contributed by atoms with Gasteiger partial charge in [0, 0.05) is 12.6 Å². The Morgan fingerprint density at radius 1 is 1.47 bits per heavy atom. The van der Waals surface area contributed by atoms with Gasteiger partial charge >= 0.3 is 0 Å². The molecule has 1 aromatic rings. The first-order valence-corrected chi connectivity index (χ1v) is 4.41. The number of anilines is 1. The number of hydrogen-bond acceptors (Lipinski definition) is 5. The van der Waals surface area contributed by atoms with E-state index in [4.69, 9.17) is 10.2 Å². The van der Waals surface area contributed by atoms with E-state index in [-0.39, 0.29) is 18.8 Å². The highest BCUT2D eigenvalue weighted by molar-refractivity contribution is 5.61. The summed E-state index contributed by atoms with van der Waals surface area (Å²) in [5, 5.41) is 30.9. The van der Waals surface area contributed by atoms with Gasteiger partial charge in [0.1, 0.15) is 5.69 Å². The predicted octanol–water partition coefficient (Wildman–Crippen LogP) is 0.360. The predicted molar refractivity (Wildman–Crippen MR) is 54.7 cm³/mol. The van der Waals surface area contributed by atoms with E-state index < -0.39 is 11.0 Å². The molecule has 6 nitrogen and oxygen atoms in total. The summed E-state index contributed by atoms with van der Waals surface area (Å²) in [4.78, 5) is 10.1. The van der Waals surface area contributed by atoms with Crippen LogP contribution >= 0.6 is 0 Å². The van der Waals surface area contributed by atoms with Gasteiger partial charge in [0.05, 0.1) is 17.6 Å². The van der Waals surface area contributed by atoms with Gasteiger partial charge in [0.25, 0.3) is 5.69 Å². The van der Waals surface area contributed by atoms with Crippen molar-refractivity contribution in [1.82, 2.24) is 0 Å². The molecule has 0 aromatic heterocycles. The number of nitro benzene ring substituents is 1. The lowest BCUT2D eigenvalue weighted by molar-refractivity contribution is -0.384. The fourth-order valence-electron chi connectivity index (χ4n) is 1.07. The molecule has 0 aliphatic heterocycles. The van der Waals surface area contributed by atoms with Crippen LogP contribution in [0.2, 0.25) is 0 Å². The van der Waals surface area contributed by atoms with Crippen LogP contribution in [0.25, 0.3) is 0 Å². The highest BCUT2D eigenvalue weighted by Crippen LogP contribution is 2.22. The molecule has 0 radical (unpaired) electrons. The number of rotatable bonds is 5. The Bertz CT molecular complexity index is 343. The van der Waals surface area contributed by atoms with E-state index in [9.17, 15) is 10.1 Å². The van der Waals surface area contributed by atoms with Crippen LogP contribution in [0.1, 0.15) is 0 Å². The summed E-state index contributed by atoms with van der Waals surface area (Å²) >= 11 is 0. The van der Waals surface area contributed by atoms with E-state index >= 15 is 0 Å². The van der Waals surface area contributed by atoms with E-state index in [0.717, 1.165) is 0 Å². The molecule has 0 aliphatic carbocycles. The molecule has 1 aromatic carbocycles. The maximum absolute atomic E-state index is 10.6. The molecule has 0 amide bonds. The number of aliphatic hydroxyl groups excluding tert-OH is 2. The van der Waals surface area contributed by atoms with Crippen LogP contribution in [0.5, 0.6) is 0 Å². The van der Waals surface area contributed by atoms with E-state index in [1.807, 2.05) is 0 Å². The molecule has 0 fully saturated rings. The van der Waals surface area contributed by atoms with Crippen molar-refractivity contribution in [2.45, 2.75) is 6.10 Å². The summed E-state index contributed by atoms with van der Waals surface area (Å²) < 4.78 is 0. The standard InChI is InChI=1S/C9H12N2O4/c12-6-7(13)5-10-8-3-1-2-4-9(8)11(14)15/h1-4,7,10,12-13H,5-6H2/t7-/m0/s1. The third-order valence-electron chi connectivity index (χ3n) is 1.84. The Kier molecular flexibility index (Phi) is 4.02. The topological polar surface area (TPSA) is 95.6 Å². The van der Waals surface area contributed by atoms with Crippen LogP contribution < -0.4 is 5.32 Å². The van der Waals surface area contributed by atoms with Gasteiger partial charge in [-0.3, -0.25) is 10.1 Å². The van der Waals surface area contributed by atoms with Crippen LogP contribution in [0, 0.1) is 10.1 Å². The van der Waals surface area contributed by atoms with Gasteiger partial charge in [0.15, 0.2) is 0 Å². The first kappa shape index (κ1) is 11.4. The number of nitro groups is 1. The van der Waals surface area contributed by atoms with Crippen molar-refractivity contribution in [3.05, 3.63) is 34.4 Å². The third kappa shape index (κ3) is 3.19. The summed E-state index contributed by atoms with van der Waals surface area (Å²) in [5.74, 6) is 0. The largest absolute Gasteiger partial charge is 0.394 e. The van der Waals surface area contributed by atoms with Crippen molar-refractivity contribution in [1.29, 1.82) is 0 Å². The number of hydrogen-bond donors (Lipinski definition) is 3. The van der Waals surface area contributed by atoms with Crippen LogP contribution in [0.4, 0.5) is 11.4 Å². The van der Waals surface area contributed by atoms with Crippen LogP contribution in [0.3, 0.4) is 0 Å². The molecular weight excluding hydrogens is 200 g/mol. The lowest BCUT2D eigenvalue weighted by Crippen LogP contribution is -2.23. The maximum atomic E-state index is 10.6. The molecular formula is C9H12N2O4. The van der Waals surface area contributed by atoms with Gasteiger partial charge in [-0.05, 0) is 6.07 Å². The smallest absolute Gasteiger partial charge is 0.292 e. The Morgan fingerprint density at radius 3 is 2.73 bits per heavy atom. The Balaban J connectivity index is 2.72. The number of aliphatic hydroxyl groups is 2. The molecule has 0 saturated heterocycles. The minimum atomic E-state index is -0.926. The SMILES string of the molecule is O=[N+]([O-])c1ccccc1NC[C@H](O)CO. The molecule has 3 N–H and O–H groups in total.